The Kier molecular flexibility index (Phi) is 3.51. The Bertz CT molecular complexity index is 746. The molecular formula is C17H15N3O. The maximum Gasteiger partial charge on any atom is 0.274 e. The van der Waals surface area contributed by atoms with Gasteiger partial charge in [0.15, 0.2) is 0 Å². The minimum Gasteiger partial charge on any atom is -0.324 e. The molecule has 2 aromatic heterocycles. The van der Waals surface area contributed by atoms with Crippen LogP contribution in [0.15, 0.2) is 67.0 Å². The van der Waals surface area contributed by atoms with E-state index in [2.05, 4.69) is 10.3 Å². The van der Waals surface area contributed by atoms with Gasteiger partial charge in [-0.3, -0.25) is 4.79 Å². The Balaban J connectivity index is 1.75. The highest BCUT2D eigenvalue weighted by Gasteiger charge is 2.07. The van der Waals surface area contributed by atoms with E-state index in [4.69, 9.17) is 0 Å². The molecule has 4 heteroatoms. The van der Waals surface area contributed by atoms with E-state index in [9.17, 15) is 4.79 Å². The summed E-state index contributed by atoms with van der Waals surface area (Å²) in [6.07, 6.45) is 3.95. The fourth-order valence-corrected chi connectivity index (χ4v) is 2.09. The minimum atomic E-state index is -0.201. The molecule has 0 spiro atoms. The van der Waals surface area contributed by atoms with Crippen molar-refractivity contribution in [2.75, 3.05) is 5.32 Å². The first-order valence-corrected chi connectivity index (χ1v) is 6.71. The predicted octanol–water partition coefficient (Wildman–Crippen LogP) is 3.43. The van der Waals surface area contributed by atoms with Gasteiger partial charge in [0, 0.05) is 29.5 Å². The summed E-state index contributed by atoms with van der Waals surface area (Å²) >= 11 is 0. The third kappa shape index (κ3) is 3.00. The van der Waals surface area contributed by atoms with Crippen LogP contribution < -0.4 is 5.32 Å². The van der Waals surface area contributed by atoms with E-state index >= 15 is 0 Å². The Morgan fingerprint density at radius 3 is 2.38 bits per heavy atom. The second-order valence-electron chi connectivity index (χ2n) is 4.76. The lowest BCUT2D eigenvalue weighted by Gasteiger charge is -2.07. The second-order valence-corrected chi connectivity index (χ2v) is 4.76. The number of nitrogens with zero attached hydrogens (tertiary/aromatic N) is 2. The summed E-state index contributed by atoms with van der Waals surface area (Å²) in [5, 5.41) is 2.85. The largest absolute Gasteiger partial charge is 0.324 e. The molecule has 0 fully saturated rings. The van der Waals surface area contributed by atoms with E-state index in [1.807, 2.05) is 72.4 Å². The maximum atomic E-state index is 12.1. The van der Waals surface area contributed by atoms with Crippen LogP contribution in [-0.2, 0) is 0 Å². The summed E-state index contributed by atoms with van der Waals surface area (Å²) in [7, 11) is 0. The zero-order valence-electron chi connectivity index (χ0n) is 11.7. The van der Waals surface area contributed by atoms with Gasteiger partial charge in [-0.25, -0.2) is 4.98 Å². The number of nitrogens with one attached hydrogen (secondary N) is 1. The summed E-state index contributed by atoms with van der Waals surface area (Å²) in [6.45, 7) is 1.86. The number of aryl methyl sites for hydroxylation is 1. The smallest absolute Gasteiger partial charge is 0.274 e. The molecule has 21 heavy (non-hydrogen) atoms. The van der Waals surface area contributed by atoms with Gasteiger partial charge in [-0.15, -0.1) is 0 Å². The quantitative estimate of drug-likeness (QED) is 0.797. The molecule has 2 heterocycles. The highest BCUT2D eigenvalue weighted by molar-refractivity contribution is 6.02. The van der Waals surface area contributed by atoms with E-state index < -0.39 is 0 Å². The van der Waals surface area contributed by atoms with E-state index in [-0.39, 0.29) is 5.91 Å². The number of pyridine rings is 1. The molecule has 0 saturated heterocycles. The van der Waals surface area contributed by atoms with Crippen LogP contribution in [0.5, 0.6) is 0 Å². The SMILES string of the molecule is Cc1cccc(C(=O)Nc2ccc(-n3cccc3)cc2)n1. The Morgan fingerprint density at radius 2 is 1.71 bits per heavy atom. The minimum absolute atomic E-state index is 0.201. The molecule has 0 bridgehead atoms. The normalized spacial score (nSPS) is 10.3. The molecule has 1 aromatic carbocycles. The molecule has 3 aromatic rings. The molecule has 0 unspecified atom stereocenters. The van der Waals surface area contributed by atoms with Crippen LogP contribution in [0.1, 0.15) is 16.2 Å². The van der Waals surface area contributed by atoms with Gasteiger partial charge < -0.3 is 9.88 Å². The summed E-state index contributed by atoms with van der Waals surface area (Å²) < 4.78 is 2.01. The van der Waals surface area contributed by atoms with Gasteiger partial charge in [0.05, 0.1) is 0 Å². The first kappa shape index (κ1) is 13.1. The van der Waals surface area contributed by atoms with Gasteiger partial charge >= 0.3 is 0 Å². The lowest BCUT2D eigenvalue weighted by Crippen LogP contribution is -2.13. The third-order valence-corrected chi connectivity index (χ3v) is 3.15. The van der Waals surface area contributed by atoms with Gasteiger partial charge in [-0.05, 0) is 55.5 Å². The van der Waals surface area contributed by atoms with Gasteiger partial charge in [0.25, 0.3) is 5.91 Å². The van der Waals surface area contributed by atoms with Crippen molar-refractivity contribution >= 4 is 11.6 Å². The Hall–Kier alpha value is -2.88. The molecule has 4 nitrogen and oxygen atoms in total. The van der Waals surface area contributed by atoms with Gasteiger partial charge in [-0.2, -0.15) is 0 Å². The molecule has 3 rings (SSSR count). The number of aromatic nitrogens is 2. The van der Waals surface area contributed by atoms with Crippen molar-refractivity contribution in [1.29, 1.82) is 0 Å². The fourth-order valence-electron chi connectivity index (χ4n) is 2.09. The van der Waals surface area contributed by atoms with Crippen molar-refractivity contribution in [1.82, 2.24) is 9.55 Å². The first-order chi connectivity index (χ1) is 10.2. The van der Waals surface area contributed by atoms with Crippen LogP contribution in [0.3, 0.4) is 0 Å². The first-order valence-electron chi connectivity index (χ1n) is 6.71. The average Bonchev–Trinajstić information content (AvgIpc) is 3.02. The lowest BCUT2D eigenvalue weighted by atomic mass is 10.2. The molecule has 1 amide bonds. The number of anilines is 1. The molecule has 0 atom stereocenters. The van der Waals surface area contributed by atoms with E-state index in [1.165, 1.54) is 0 Å². The molecule has 104 valence electrons. The number of benzene rings is 1. The summed E-state index contributed by atoms with van der Waals surface area (Å²) in [5.41, 5.74) is 3.04. The molecular weight excluding hydrogens is 262 g/mol. The number of rotatable bonds is 3. The van der Waals surface area contributed by atoms with Crippen LogP contribution in [-0.4, -0.2) is 15.5 Å². The van der Waals surface area contributed by atoms with E-state index in [0.29, 0.717) is 5.69 Å². The molecule has 0 aliphatic rings. The Morgan fingerprint density at radius 1 is 1.00 bits per heavy atom. The highest BCUT2D eigenvalue weighted by Crippen LogP contribution is 2.14. The van der Waals surface area contributed by atoms with Gasteiger partial charge in [0.2, 0.25) is 0 Å². The van der Waals surface area contributed by atoms with E-state index in [1.54, 1.807) is 6.07 Å². The van der Waals surface area contributed by atoms with Crippen molar-refractivity contribution in [3.05, 3.63) is 78.4 Å². The topological polar surface area (TPSA) is 46.9 Å². The zero-order valence-corrected chi connectivity index (χ0v) is 11.7. The predicted molar refractivity (Wildman–Crippen MR) is 82.7 cm³/mol. The van der Waals surface area contributed by atoms with Gasteiger partial charge in [0.1, 0.15) is 5.69 Å². The summed E-state index contributed by atoms with van der Waals surface area (Å²) in [6, 6.07) is 17.0. The molecule has 0 aliphatic carbocycles. The zero-order chi connectivity index (χ0) is 14.7. The number of carbonyl (C=O) groups excluding carboxylic acids is 1. The number of hydrogen-bond donors (Lipinski definition) is 1. The summed E-state index contributed by atoms with van der Waals surface area (Å²) in [4.78, 5) is 16.3. The van der Waals surface area contributed by atoms with Crippen LogP contribution in [0.2, 0.25) is 0 Å². The maximum absolute atomic E-state index is 12.1. The average molecular weight is 277 g/mol. The lowest BCUT2D eigenvalue weighted by molar-refractivity contribution is 0.102. The number of carbonyl (C=O) groups is 1. The van der Waals surface area contributed by atoms with Crippen molar-refractivity contribution in [3.63, 3.8) is 0 Å². The molecule has 1 N–H and O–H groups in total. The molecule has 0 saturated carbocycles. The van der Waals surface area contributed by atoms with Crippen LogP contribution in [0.4, 0.5) is 5.69 Å². The molecule has 0 aliphatic heterocycles. The fraction of sp³-hybridized carbons (Fsp3) is 0.0588. The van der Waals surface area contributed by atoms with Crippen molar-refractivity contribution in [2.24, 2.45) is 0 Å². The highest BCUT2D eigenvalue weighted by atomic mass is 16.1. The summed E-state index contributed by atoms with van der Waals surface area (Å²) in [5.74, 6) is -0.201. The Labute approximate surface area is 123 Å². The number of hydrogen-bond acceptors (Lipinski definition) is 2. The van der Waals surface area contributed by atoms with Crippen molar-refractivity contribution in [2.45, 2.75) is 6.92 Å². The number of amides is 1. The third-order valence-electron chi connectivity index (χ3n) is 3.15. The van der Waals surface area contributed by atoms with E-state index in [0.717, 1.165) is 17.1 Å². The van der Waals surface area contributed by atoms with Crippen LogP contribution in [0.25, 0.3) is 5.69 Å². The van der Waals surface area contributed by atoms with Crippen LogP contribution >= 0.6 is 0 Å². The van der Waals surface area contributed by atoms with Crippen molar-refractivity contribution < 1.29 is 4.79 Å². The molecule has 0 radical (unpaired) electrons. The standard InChI is InChI=1S/C17H15N3O/c1-13-5-4-6-16(18-13)17(21)19-14-7-9-15(10-8-14)20-11-2-3-12-20/h2-12H,1H3,(H,19,21). The van der Waals surface area contributed by atoms with Crippen molar-refractivity contribution in [3.8, 4) is 5.69 Å². The second kappa shape index (κ2) is 5.63. The van der Waals surface area contributed by atoms with Crippen LogP contribution in [0, 0.1) is 6.92 Å². The van der Waals surface area contributed by atoms with Gasteiger partial charge in [-0.1, -0.05) is 6.07 Å². The monoisotopic (exact) mass is 277 g/mol.